The fraction of sp³-hybridized carbons (Fsp3) is 0.520. The van der Waals surface area contributed by atoms with Crippen molar-refractivity contribution in [1.82, 2.24) is 4.90 Å². The highest BCUT2D eigenvalue weighted by atomic mass is 19.1. The van der Waals surface area contributed by atoms with E-state index in [4.69, 9.17) is 4.74 Å². The van der Waals surface area contributed by atoms with Crippen LogP contribution < -0.4 is 4.74 Å². The van der Waals surface area contributed by atoms with Crippen LogP contribution in [0.2, 0.25) is 0 Å². The second-order valence-electron chi connectivity index (χ2n) is 8.46. The van der Waals surface area contributed by atoms with Gasteiger partial charge >= 0.3 is 0 Å². The van der Waals surface area contributed by atoms with Gasteiger partial charge in [0.15, 0.2) is 0 Å². The van der Waals surface area contributed by atoms with Crippen LogP contribution in [0.4, 0.5) is 4.39 Å². The molecule has 0 unspecified atom stereocenters. The van der Waals surface area contributed by atoms with Crippen LogP contribution in [-0.4, -0.2) is 31.1 Å². The quantitative estimate of drug-likeness (QED) is 0.646. The molecule has 2 atom stereocenters. The summed E-state index contributed by atoms with van der Waals surface area (Å²) in [7, 11) is 0. The minimum Gasteiger partial charge on any atom is -0.493 e. The molecule has 0 saturated carbocycles. The van der Waals surface area contributed by atoms with E-state index < -0.39 is 0 Å². The van der Waals surface area contributed by atoms with Crippen molar-refractivity contribution in [1.29, 1.82) is 0 Å². The zero-order valence-corrected chi connectivity index (χ0v) is 17.0. The Kier molecular flexibility index (Phi) is 6.31. The van der Waals surface area contributed by atoms with Crippen molar-refractivity contribution in [2.75, 3.05) is 26.2 Å². The normalized spacial score (nSPS) is 22.6. The third-order valence-electron chi connectivity index (χ3n) is 6.44. The van der Waals surface area contributed by atoms with Crippen molar-refractivity contribution in [2.24, 2.45) is 5.92 Å². The molecule has 1 aliphatic heterocycles. The summed E-state index contributed by atoms with van der Waals surface area (Å²) in [4.78, 5) is 2.56. The summed E-state index contributed by atoms with van der Waals surface area (Å²) in [5.74, 6) is 1.72. The molecule has 1 aliphatic carbocycles. The zero-order chi connectivity index (χ0) is 19.3. The van der Waals surface area contributed by atoms with E-state index in [0.29, 0.717) is 11.8 Å². The molecule has 0 radical (unpaired) electrons. The summed E-state index contributed by atoms with van der Waals surface area (Å²) in [5.41, 5.74) is 4.21. The summed E-state index contributed by atoms with van der Waals surface area (Å²) in [6.45, 7) is 6.28. The molecule has 0 amide bonds. The van der Waals surface area contributed by atoms with E-state index in [-0.39, 0.29) is 5.82 Å². The maximum Gasteiger partial charge on any atom is 0.123 e. The fourth-order valence-corrected chi connectivity index (χ4v) is 4.95. The van der Waals surface area contributed by atoms with Crippen LogP contribution in [0, 0.1) is 11.7 Å². The van der Waals surface area contributed by atoms with E-state index >= 15 is 0 Å². The second-order valence-corrected chi connectivity index (χ2v) is 8.46. The summed E-state index contributed by atoms with van der Waals surface area (Å²) in [6, 6.07) is 13.8. The summed E-state index contributed by atoms with van der Waals surface area (Å²) in [5, 5.41) is 0. The number of hydrogen-bond acceptors (Lipinski definition) is 2. The van der Waals surface area contributed by atoms with Gasteiger partial charge in [-0.1, -0.05) is 25.1 Å². The van der Waals surface area contributed by atoms with Gasteiger partial charge in [0, 0.05) is 12.5 Å². The third-order valence-corrected chi connectivity index (χ3v) is 6.44. The third kappa shape index (κ3) is 4.57. The molecule has 3 heteroatoms. The van der Waals surface area contributed by atoms with Gasteiger partial charge in [0.1, 0.15) is 11.6 Å². The van der Waals surface area contributed by atoms with Crippen LogP contribution in [0.3, 0.4) is 0 Å². The van der Waals surface area contributed by atoms with Crippen LogP contribution in [0.15, 0.2) is 42.5 Å². The first-order chi connectivity index (χ1) is 13.7. The van der Waals surface area contributed by atoms with Crippen molar-refractivity contribution in [3.05, 3.63) is 65.0 Å². The molecule has 0 N–H and O–H groups in total. The number of nitrogens with zero attached hydrogens (tertiary/aromatic N) is 1. The first-order valence-corrected chi connectivity index (χ1v) is 11.0. The molecule has 0 aromatic heterocycles. The predicted octanol–water partition coefficient (Wildman–Crippen LogP) is 5.60. The van der Waals surface area contributed by atoms with Crippen LogP contribution in [-0.2, 0) is 12.8 Å². The van der Waals surface area contributed by atoms with Gasteiger partial charge in [-0.05, 0) is 98.5 Å². The smallest absolute Gasteiger partial charge is 0.123 e. The molecular formula is C25H32FNO. The molecule has 1 saturated heterocycles. The van der Waals surface area contributed by atoms with Crippen LogP contribution in [0.5, 0.6) is 5.75 Å². The Morgan fingerprint density at radius 1 is 1.04 bits per heavy atom. The van der Waals surface area contributed by atoms with Crippen molar-refractivity contribution in [3.8, 4) is 5.75 Å². The molecule has 4 rings (SSSR count). The molecule has 2 nitrogen and oxygen atoms in total. The van der Waals surface area contributed by atoms with E-state index in [1.807, 2.05) is 12.1 Å². The van der Waals surface area contributed by atoms with Gasteiger partial charge in [0.2, 0.25) is 0 Å². The van der Waals surface area contributed by atoms with Gasteiger partial charge < -0.3 is 9.64 Å². The minimum atomic E-state index is -0.158. The number of hydrogen-bond donors (Lipinski definition) is 0. The number of likely N-dealkylation sites (tertiary alicyclic amines) is 1. The Bertz CT molecular complexity index is 773. The van der Waals surface area contributed by atoms with Crippen molar-refractivity contribution >= 4 is 0 Å². The molecular weight excluding hydrogens is 349 g/mol. The zero-order valence-electron chi connectivity index (χ0n) is 17.0. The maximum absolute atomic E-state index is 13.4. The fourth-order valence-electron chi connectivity index (χ4n) is 4.95. The molecule has 2 aromatic carbocycles. The van der Waals surface area contributed by atoms with Gasteiger partial charge in [0.05, 0.1) is 6.61 Å². The van der Waals surface area contributed by atoms with Crippen LogP contribution in [0.25, 0.3) is 0 Å². The van der Waals surface area contributed by atoms with Crippen molar-refractivity contribution < 1.29 is 9.13 Å². The van der Waals surface area contributed by atoms with E-state index in [1.165, 1.54) is 48.8 Å². The van der Waals surface area contributed by atoms with Crippen molar-refractivity contribution in [3.63, 3.8) is 0 Å². The van der Waals surface area contributed by atoms with E-state index in [2.05, 4.69) is 30.0 Å². The number of halogens is 1. The lowest BCUT2D eigenvalue weighted by atomic mass is 9.80. The van der Waals surface area contributed by atoms with Crippen molar-refractivity contribution in [2.45, 2.75) is 51.4 Å². The topological polar surface area (TPSA) is 12.5 Å². The maximum atomic E-state index is 13.4. The molecule has 0 bridgehead atoms. The molecule has 2 aromatic rings. The van der Waals surface area contributed by atoms with E-state index in [9.17, 15) is 4.39 Å². The van der Waals surface area contributed by atoms with Gasteiger partial charge in [-0.25, -0.2) is 4.39 Å². The number of rotatable bonds is 6. The van der Waals surface area contributed by atoms with Crippen LogP contribution in [0.1, 0.15) is 55.2 Å². The Labute approximate surface area is 168 Å². The Morgan fingerprint density at radius 3 is 2.61 bits per heavy atom. The predicted molar refractivity (Wildman–Crippen MR) is 113 cm³/mol. The lowest BCUT2D eigenvalue weighted by Crippen LogP contribution is -2.42. The first-order valence-electron chi connectivity index (χ1n) is 11.0. The number of ether oxygens (including phenoxy) is 1. The Hall–Kier alpha value is -1.87. The van der Waals surface area contributed by atoms with Gasteiger partial charge in [-0.2, -0.15) is 0 Å². The molecule has 1 heterocycles. The number of aryl methyl sites for hydroxylation is 2. The lowest BCUT2D eigenvalue weighted by molar-refractivity contribution is 0.111. The largest absolute Gasteiger partial charge is 0.493 e. The monoisotopic (exact) mass is 381 g/mol. The molecule has 1 fully saturated rings. The summed E-state index contributed by atoms with van der Waals surface area (Å²) in [6.07, 6.45) is 7.28. The van der Waals surface area contributed by atoms with Gasteiger partial charge in [-0.3, -0.25) is 0 Å². The highest BCUT2D eigenvalue weighted by Gasteiger charge is 2.30. The SMILES string of the molecule is CCCN1CC[C@@H](c2ccc(F)cc2)[C@H](COc2ccc3c(c2)CCCC3)C1. The Balaban J connectivity index is 1.47. The summed E-state index contributed by atoms with van der Waals surface area (Å²) >= 11 is 0. The van der Waals surface area contributed by atoms with Gasteiger partial charge in [0.25, 0.3) is 0 Å². The lowest BCUT2D eigenvalue weighted by Gasteiger charge is -2.38. The number of benzene rings is 2. The molecule has 2 aliphatic rings. The molecule has 150 valence electrons. The highest BCUT2D eigenvalue weighted by Crippen LogP contribution is 2.34. The molecule has 28 heavy (non-hydrogen) atoms. The average molecular weight is 382 g/mol. The minimum absolute atomic E-state index is 0.158. The van der Waals surface area contributed by atoms with Crippen LogP contribution >= 0.6 is 0 Å². The van der Waals surface area contributed by atoms with Gasteiger partial charge in [-0.15, -0.1) is 0 Å². The second kappa shape index (κ2) is 9.09. The first kappa shape index (κ1) is 19.4. The Morgan fingerprint density at radius 2 is 1.82 bits per heavy atom. The highest BCUT2D eigenvalue weighted by molar-refractivity contribution is 5.37. The standard InChI is InChI=1S/C25H32FNO/c1-2-14-27-15-13-25(20-7-10-23(26)11-8-20)22(17-27)18-28-24-12-9-19-5-3-4-6-21(19)16-24/h7-12,16,22,25H,2-6,13-15,17-18H2,1H3/t22-,25-/m0/s1. The van der Waals surface area contributed by atoms with E-state index in [0.717, 1.165) is 38.4 Å². The molecule has 0 spiro atoms. The average Bonchev–Trinajstić information content (AvgIpc) is 2.73. The van der Waals surface area contributed by atoms with E-state index in [1.54, 1.807) is 12.1 Å². The number of piperidine rings is 1. The number of fused-ring (bicyclic) bond motifs is 1. The summed E-state index contributed by atoms with van der Waals surface area (Å²) < 4.78 is 19.7.